The van der Waals surface area contributed by atoms with E-state index in [1.807, 2.05) is 0 Å². The first-order valence-electron chi connectivity index (χ1n) is 8.84. The van der Waals surface area contributed by atoms with E-state index in [2.05, 4.69) is 0 Å². The second-order valence-corrected chi connectivity index (χ2v) is 6.67. The van der Waals surface area contributed by atoms with Crippen LogP contribution in [0.1, 0.15) is 28.8 Å². The molecule has 2 aliphatic rings. The number of hydrogen-bond donors (Lipinski definition) is 0. The molecule has 2 aromatic carbocycles. The number of fused-ring (bicyclic) bond motifs is 1. The molecule has 1 amide bonds. The first-order chi connectivity index (χ1) is 13.1. The van der Waals surface area contributed by atoms with E-state index in [1.165, 1.54) is 12.1 Å². The smallest absolute Gasteiger partial charge is 0.254 e. The fourth-order valence-corrected chi connectivity index (χ4v) is 3.38. The number of likely N-dealkylation sites (tertiary alicyclic amines) is 1. The van der Waals surface area contributed by atoms with Crippen LogP contribution < -0.4 is 9.47 Å². The summed E-state index contributed by atoms with van der Waals surface area (Å²) in [6.07, 6.45) is 1.42. The largest absolute Gasteiger partial charge is 0.454 e. The van der Waals surface area contributed by atoms with Gasteiger partial charge in [0.05, 0.1) is 12.7 Å². The number of hydrogen-bond acceptors (Lipinski definition) is 4. The maximum absolute atomic E-state index is 13.3. The van der Waals surface area contributed by atoms with Crippen molar-refractivity contribution in [2.24, 2.45) is 0 Å². The zero-order valence-corrected chi connectivity index (χ0v) is 14.6. The van der Waals surface area contributed by atoms with Gasteiger partial charge in [-0.3, -0.25) is 4.79 Å². The second kappa shape index (κ2) is 7.52. The minimum Gasteiger partial charge on any atom is -0.454 e. The van der Waals surface area contributed by atoms with Crippen LogP contribution in [0.5, 0.6) is 11.5 Å². The third-order valence-corrected chi connectivity index (χ3v) is 4.69. The van der Waals surface area contributed by atoms with Crippen molar-refractivity contribution >= 4 is 5.91 Å². The molecule has 0 N–H and O–H groups in total. The topological polar surface area (TPSA) is 48.0 Å². The van der Waals surface area contributed by atoms with Crippen molar-refractivity contribution in [1.82, 2.24) is 4.90 Å². The molecular formula is C20H19F2NO4. The molecular weight excluding hydrogens is 356 g/mol. The Balaban J connectivity index is 1.38. The lowest BCUT2D eigenvalue weighted by molar-refractivity contribution is -0.00687. The Morgan fingerprint density at radius 1 is 1.11 bits per heavy atom. The van der Waals surface area contributed by atoms with Crippen LogP contribution in [0.3, 0.4) is 0 Å². The summed E-state index contributed by atoms with van der Waals surface area (Å²) in [7, 11) is 0. The van der Waals surface area contributed by atoms with Gasteiger partial charge in [-0.2, -0.15) is 0 Å². The van der Waals surface area contributed by atoms with Gasteiger partial charge in [-0.1, -0.05) is 0 Å². The van der Waals surface area contributed by atoms with Crippen LogP contribution >= 0.6 is 0 Å². The van der Waals surface area contributed by atoms with E-state index < -0.39 is 11.6 Å². The summed E-state index contributed by atoms with van der Waals surface area (Å²) in [6.45, 7) is 1.34. The molecule has 7 heteroatoms. The van der Waals surface area contributed by atoms with Gasteiger partial charge in [-0.15, -0.1) is 0 Å². The number of carbonyl (C=O) groups excluding carboxylic acids is 1. The molecule has 4 rings (SSSR count). The van der Waals surface area contributed by atoms with E-state index >= 15 is 0 Å². The van der Waals surface area contributed by atoms with Gasteiger partial charge in [0.1, 0.15) is 11.6 Å². The Morgan fingerprint density at radius 3 is 2.70 bits per heavy atom. The zero-order chi connectivity index (χ0) is 18.8. The van der Waals surface area contributed by atoms with E-state index in [0.29, 0.717) is 35.7 Å². The summed E-state index contributed by atoms with van der Waals surface area (Å²) in [5.74, 6) is -0.153. The fraction of sp³-hybridized carbons (Fsp3) is 0.350. The summed E-state index contributed by atoms with van der Waals surface area (Å²) >= 11 is 0. The Hall–Kier alpha value is -2.67. The first kappa shape index (κ1) is 17.7. The molecule has 1 saturated heterocycles. The molecule has 0 unspecified atom stereocenters. The van der Waals surface area contributed by atoms with Crippen molar-refractivity contribution in [1.29, 1.82) is 0 Å². The van der Waals surface area contributed by atoms with Crippen LogP contribution in [0.2, 0.25) is 0 Å². The van der Waals surface area contributed by atoms with Crippen LogP contribution in [-0.2, 0) is 11.3 Å². The van der Waals surface area contributed by atoms with Gasteiger partial charge in [0, 0.05) is 24.7 Å². The van der Waals surface area contributed by atoms with Gasteiger partial charge in [0.2, 0.25) is 6.79 Å². The van der Waals surface area contributed by atoms with Crippen molar-refractivity contribution in [3.8, 4) is 11.5 Å². The molecule has 1 atom stereocenters. The lowest BCUT2D eigenvalue weighted by Gasteiger charge is -2.32. The molecule has 0 radical (unpaired) electrons. The molecule has 0 spiro atoms. The van der Waals surface area contributed by atoms with Gasteiger partial charge in [0.15, 0.2) is 11.5 Å². The average molecular weight is 375 g/mol. The lowest BCUT2D eigenvalue weighted by atomic mass is 10.1. The first-order valence-corrected chi connectivity index (χ1v) is 8.84. The minimum absolute atomic E-state index is 0.0987. The standard InChI is InChI=1S/C20H19F2NO4/c21-15-6-13(7-16(22)9-15)11-25-17-2-1-5-23(10-17)20(24)14-3-4-18-19(8-14)27-12-26-18/h3-4,6-9,17H,1-2,5,10-12H2/t17-/m0/s1. The molecule has 2 aromatic rings. The molecule has 27 heavy (non-hydrogen) atoms. The van der Waals surface area contributed by atoms with Crippen molar-refractivity contribution in [3.63, 3.8) is 0 Å². The zero-order valence-electron chi connectivity index (χ0n) is 14.6. The van der Waals surface area contributed by atoms with Crippen LogP contribution in [0.4, 0.5) is 8.78 Å². The number of rotatable bonds is 4. The maximum Gasteiger partial charge on any atom is 0.254 e. The SMILES string of the molecule is O=C(c1ccc2c(c1)OCO2)N1CCC[C@H](OCc2cc(F)cc(F)c2)C1. The van der Waals surface area contributed by atoms with Crippen molar-refractivity contribution in [2.45, 2.75) is 25.6 Å². The van der Waals surface area contributed by atoms with Crippen molar-refractivity contribution in [3.05, 3.63) is 59.2 Å². The predicted molar refractivity (Wildman–Crippen MR) is 92.6 cm³/mol. The van der Waals surface area contributed by atoms with Crippen molar-refractivity contribution in [2.75, 3.05) is 19.9 Å². The maximum atomic E-state index is 13.3. The normalized spacial score (nSPS) is 18.6. The number of ether oxygens (including phenoxy) is 3. The quantitative estimate of drug-likeness (QED) is 0.821. The average Bonchev–Trinajstić information content (AvgIpc) is 3.13. The Bertz CT molecular complexity index is 838. The lowest BCUT2D eigenvalue weighted by Crippen LogP contribution is -2.43. The highest BCUT2D eigenvalue weighted by Crippen LogP contribution is 2.33. The molecule has 0 bridgehead atoms. The van der Waals surface area contributed by atoms with Gasteiger partial charge in [-0.05, 0) is 48.7 Å². The predicted octanol–water partition coefficient (Wildman–Crippen LogP) is 3.51. The van der Waals surface area contributed by atoms with E-state index in [1.54, 1.807) is 23.1 Å². The third kappa shape index (κ3) is 4.03. The summed E-state index contributed by atoms with van der Waals surface area (Å²) in [4.78, 5) is 14.5. The summed E-state index contributed by atoms with van der Waals surface area (Å²) in [6, 6.07) is 8.46. The molecule has 142 valence electrons. The molecule has 5 nitrogen and oxygen atoms in total. The number of amides is 1. The molecule has 1 fully saturated rings. The highest BCUT2D eigenvalue weighted by atomic mass is 19.1. The molecule has 2 heterocycles. The van der Waals surface area contributed by atoms with Crippen LogP contribution in [0.15, 0.2) is 36.4 Å². The Labute approximate surface area is 155 Å². The number of piperidine rings is 1. The van der Waals surface area contributed by atoms with Crippen LogP contribution in [0, 0.1) is 11.6 Å². The van der Waals surface area contributed by atoms with E-state index in [9.17, 15) is 13.6 Å². The minimum atomic E-state index is -0.628. The molecule has 0 aliphatic carbocycles. The highest BCUT2D eigenvalue weighted by molar-refractivity contribution is 5.95. The van der Waals surface area contributed by atoms with Crippen LogP contribution in [-0.4, -0.2) is 36.8 Å². The van der Waals surface area contributed by atoms with E-state index in [-0.39, 0.29) is 25.4 Å². The Kier molecular flexibility index (Phi) is 4.94. The number of carbonyl (C=O) groups is 1. The molecule has 2 aliphatic heterocycles. The fourth-order valence-electron chi connectivity index (χ4n) is 3.38. The number of nitrogens with zero attached hydrogens (tertiary/aromatic N) is 1. The van der Waals surface area contributed by atoms with E-state index in [4.69, 9.17) is 14.2 Å². The number of benzene rings is 2. The third-order valence-electron chi connectivity index (χ3n) is 4.69. The number of halogens is 2. The Morgan fingerprint density at radius 2 is 1.89 bits per heavy atom. The van der Waals surface area contributed by atoms with Crippen LogP contribution in [0.25, 0.3) is 0 Å². The molecule has 0 aromatic heterocycles. The van der Waals surface area contributed by atoms with Gasteiger partial charge >= 0.3 is 0 Å². The van der Waals surface area contributed by atoms with Gasteiger partial charge < -0.3 is 19.1 Å². The van der Waals surface area contributed by atoms with Gasteiger partial charge in [-0.25, -0.2) is 8.78 Å². The highest BCUT2D eigenvalue weighted by Gasteiger charge is 2.26. The second-order valence-electron chi connectivity index (χ2n) is 6.67. The summed E-state index contributed by atoms with van der Waals surface area (Å²) in [5, 5.41) is 0. The molecule has 0 saturated carbocycles. The van der Waals surface area contributed by atoms with E-state index in [0.717, 1.165) is 18.9 Å². The summed E-state index contributed by atoms with van der Waals surface area (Å²) in [5.41, 5.74) is 0.971. The monoisotopic (exact) mass is 375 g/mol. The summed E-state index contributed by atoms with van der Waals surface area (Å²) < 4.78 is 42.9. The van der Waals surface area contributed by atoms with Crippen molar-refractivity contribution < 1.29 is 27.8 Å². The van der Waals surface area contributed by atoms with Gasteiger partial charge in [0.25, 0.3) is 5.91 Å².